The molecule has 0 heterocycles. The van der Waals surface area contributed by atoms with Crippen molar-refractivity contribution in [2.75, 3.05) is 0 Å². The number of halogens is 5. The first-order chi connectivity index (χ1) is 16.8. The summed E-state index contributed by atoms with van der Waals surface area (Å²) in [6, 6.07) is 4.88. The zero-order valence-electron chi connectivity index (χ0n) is 20.1. The zero-order valence-corrected chi connectivity index (χ0v) is 30.9. The smallest absolute Gasteiger partial charge is 0.337 e. The predicted octanol–water partition coefficient (Wildman–Crippen LogP) is 9.30. The van der Waals surface area contributed by atoms with E-state index in [-0.39, 0.29) is 27.4 Å². The van der Waals surface area contributed by atoms with Crippen molar-refractivity contribution in [3.8, 4) is 0 Å². The SMILES string of the molecule is CCC(CC)c1cc(I)c(C(CC)CC)cc1I.O=C(O)c1c(I)c(C(=O)O)c(I)c(C(=O)O)c1I. The summed E-state index contributed by atoms with van der Waals surface area (Å²) >= 11 is 9.85. The number of hydrogen-bond donors (Lipinski definition) is 3. The summed E-state index contributed by atoms with van der Waals surface area (Å²) in [5, 5.41) is 27.2. The molecule has 0 unspecified atom stereocenters. The minimum atomic E-state index is -1.36. The van der Waals surface area contributed by atoms with E-state index in [1.165, 1.54) is 32.8 Å². The Morgan fingerprint density at radius 2 is 0.806 bits per heavy atom. The molecule has 2 rings (SSSR count). The highest BCUT2D eigenvalue weighted by molar-refractivity contribution is 14.1. The lowest BCUT2D eigenvalue weighted by molar-refractivity contribution is 0.0693. The van der Waals surface area contributed by atoms with Crippen LogP contribution in [0.4, 0.5) is 0 Å². The first-order valence-corrected chi connectivity index (χ1v) is 16.6. The third-order valence-corrected chi connectivity index (χ3v) is 11.0. The van der Waals surface area contributed by atoms with Crippen molar-refractivity contribution >= 4 is 131 Å². The number of hydrogen-bond acceptors (Lipinski definition) is 3. The topological polar surface area (TPSA) is 112 Å². The van der Waals surface area contributed by atoms with Gasteiger partial charge < -0.3 is 15.3 Å². The molecule has 198 valence electrons. The van der Waals surface area contributed by atoms with E-state index in [4.69, 9.17) is 15.3 Å². The van der Waals surface area contributed by atoms with Gasteiger partial charge in [0.05, 0.1) is 16.7 Å². The highest BCUT2D eigenvalue weighted by atomic mass is 127. The Morgan fingerprint density at radius 3 is 0.972 bits per heavy atom. The third kappa shape index (κ3) is 8.25. The zero-order chi connectivity index (χ0) is 27.9. The first-order valence-electron chi connectivity index (χ1n) is 11.2. The average Bonchev–Trinajstić information content (AvgIpc) is 2.77. The molecular weight excluding hydrogens is 1030 g/mol. The van der Waals surface area contributed by atoms with Crippen LogP contribution in [0.5, 0.6) is 0 Å². The molecule has 0 atom stereocenters. The average molecular weight is 1060 g/mol. The van der Waals surface area contributed by atoms with Gasteiger partial charge in [-0.2, -0.15) is 0 Å². The van der Waals surface area contributed by atoms with E-state index in [0.29, 0.717) is 0 Å². The number of carboxylic acids is 3. The highest BCUT2D eigenvalue weighted by Gasteiger charge is 2.30. The Hall–Kier alpha value is 0.500. The van der Waals surface area contributed by atoms with E-state index in [0.717, 1.165) is 11.8 Å². The second kappa shape index (κ2) is 15.9. The van der Waals surface area contributed by atoms with Crippen LogP contribution in [-0.2, 0) is 0 Å². The molecule has 0 aliphatic rings. The van der Waals surface area contributed by atoms with Crippen molar-refractivity contribution in [2.45, 2.75) is 65.2 Å². The molecule has 3 N–H and O–H groups in total. The third-order valence-electron chi connectivity index (χ3n) is 5.93. The molecule has 0 radical (unpaired) electrons. The van der Waals surface area contributed by atoms with E-state index in [1.807, 2.05) is 0 Å². The molecule has 0 aliphatic heterocycles. The number of rotatable bonds is 9. The summed E-state index contributed by atoms with van der Waals surface area (Å²) < 4.78 is 2.98. The van der Waals surface area contributed by atoms with E-state index in [9.17, 15) is 14.4 Å². The molecular formula is C25H27I5O6. The molecule has 0 amide bonds. The van der Waals surface area contributed by atoms with Gasteiger partial charge in [0.15, 0.2) is 0 Å². The lowest BCUT2D eigenvalue weighted by atomic mass is 9.89. The van der Waals surface area contributed by atoms with Gasteiger partial charge in [0.2, 0.25) is 0 Å². The van der Waals surface area contributed by atoms with Gasteiger partial charge in [0, 0.05) is 17.9 Å². The van der Waals surface area contributed by atoms with Crippen molar-refractivity contribution in [3.63, 3.8) is 0 Å². The minimum absolute atomic E-state index is 0.0198. The van der Waals surface area contributed by atoms with Gasteiger partial charge in [-0.3, -0.25) is 0 Å². The fourth-order valence-corrected chi connectivity index (χ4v) is 10.3. The van der Waals surface area contributed by atoms with E-state index >= 15 is 0 Å². The summed E-state index contributed by atoms with van der Waals surface area (Å²) in [5.41, 5.74) is 2.21. The first kappa shape index (κ1) is 34.5. The van der Waals surface area contributed by atoms with Crippen LogP contribution in [0.3, 0.4) is 0 Å². The Morgan fingerprint density at radius 1 is 0.583 bits per heavy atom. The highest BCUT2D eigenvalue weighted by Crippen LogP contribution is 2.35. The molecule has 0 aromatic heterocycles. The van der Waals surface area contributed by atoms with Crippen LogP contribution in [-0.4, -0.2) is 33.2 Å². The molecule has 0 aliphatic carbocycles. The molecule has 0 saturated carbocycles. The number of aromatic carboxylic acids is 3. The molecule has 2 aromatic carbocycles. The van der Waals surface area contributed by atoms with Crippen molar-refractivity contribution in [3.05, 3.63) is 57.8 Å². The summed E-state index contributed by atoms with van der Waals surface area (Å²) in [7, 11) is 0. The molecule has 11 heteroatoms. The molecule has 0 fully saturated rings. The molecule has 0 saturated heterocycles. The largest absolute Gasteiger partial charge is 0.478 e. The lowest BCUT2D eigenvalue weighted by Crippen LogP contribution is -2.17. The number of benzene rings is 2. The van der Waals surface area contributed by atoms with Crippen molar-refractivity contribution < 1.29 is 29.7 Å². The molecule has 36 heavy (non-hydrogen) atoms. The number of carboxylic acid groups (broad SMARTS) is 3. The maximum absolute atomic E-state index is 11.1. The van der Waals surface area contributed by atoms with Crippen LogP contribution in [0.25, 0.3) is 0 Å². The normalized spacial score (nSPS) is 10.9. The van der Waals surface area contributed by atoms with Gasteiger partial charge in [-0.15, -0.1) is 0 Å². The lowest BCUT2D eigenvalue weighted by Gasteiger charge is -2.20. The monoisotopic (exact) mass is 1060 g/mol. The molecule has 0 bridgehead atoms. The second-order valence-corrected chi connectivity index (χ2v) is 13.5. The second-order valence-electron chi connectivity index (χ2n) is 7.90. The molecule has 6 nitrogen and oxygen atoms in total. The van der Waals surface area contributed by atoms with E-state index < -0.39 is 17.9 Å². The van der Waals surface area contributed by atoms with Gasteiger partial charge in [-0.25, -0.2) is 14.4 Å². The summed E-state index contributed by atoms with van der Waals surface area (Å²) in [5.74, 6) is -2.62. The fraction of sp³-hybridized carbons (Fsp3) is 0.400. The van der Waals surface area contributed by atoms with Crippen molar-refractivity contribution in [2.24, 2.45) is 0 Å². The molecule has 0 spiro atoms. The van der Waals surface area contributed by atoms with Crippen LogP contribution in [0.15, 0.2) is 12.1 Å². The Bertz CT molecular complexity index is 1000. The number of carbonyl (C=O) groups is 3. The summed E-state index contributed by atoms with van der Waals surface area (Å²) in [4.78, 5) is 33.3. The van der Waals surface area contributed by atoms with Crippen LogP contribution in [0.1, 0.15) is 107 Å². The van der Waals surface area contributed by atoms with Crippen molar-refractivity contribution in [1.82, 2.24) is 0 Å². The maximum Gasteiger partial charge on any atom is 0.337 e. The quantitative estimate of drug-likeness (QED) is 0.216. The van der Waals surface area contributed by atoms with E-state index in [1.54, 1.807) is 78.9 Å². The standard InChI is InChI=1S/C16H24I2.C9H3I3O6/c1-5-11(6-2)13-9-16(18)14(10-15(13)17)12(7-3)8-4;10-4-1(7(13)14)5(11)3(9(17)18)6(12)2(4)8(15)16/h9-12H,5-8H2,1-4H3;(H,13,14)(H,15,16)(H,17,18). The van der Waals surface area contributed by atoms with Gasteiger partial charge in [0.25, 0.3) is 0 Å². The fourth-order valence-electron chi connectivity index (χ4n) is 3.89. The van der Waals surface area contributed by atoms with Gasteiger partial charge in [-0.1, -0.05) is 27.7 Å². The summed E-state index contributed by atoms with van der Waals surface area (Å²) in [6.07, 6.45) is 4.97. The van der Waals surface area contributed by atoms with Crippen LogP contribution in [0.2, 0.25) is 0 Å². The van der Waals surface area contributed by atoms with Gasteiger partial charge in [0.1, 0.15) is 0 Å². The minimum Gasteiger partial charge on any atom is -0.478 e. The maximum atomic E-state index is 11.1. The van der Waals surface area contributed by atoms with Crippen molar-refractivity contribution in [1.29, 1.82) is 0 Å². The van der Waals surface area contributed by atoms with Gasteiger partial charge >= 0.3 is 17.9 Å². The Balaban J connectivity index is 0.000000360. The van der Waals surface area contributed by atoms with Crippen LogP contribution < -0.4 is 0 Å². The Labute approximate surface area is 279 Å². The van der Waals surface area contributed by atoms with Crippen LogP contribution >= 0.6 is 113 Å². The Kier molecular flexibility index (Phi) is 15.3. The summed E-state index contributed by atoms with van der Waals surface area (Å²) in [6.45, 7) is 9.19. The van der Waals surface area contributed by atoms with Crippen LogP contribution in [0, 0.1) is 17.9 Å². The predicted molar refractivity (Wildman–Crippen MR) is 184 cm³/mol. The van der Waals surface area contributed by atoms with E-state index in [2.05, 4.69) is 85.0 Å². The van der Waals surface area contributed by atoms with Gasteiger partial charge in [-0.05, 0) is 174 Å². The molecule has 2 aromatic rings.